The molecule has 0 spiro atoms. The van der Waals surface area contributed by atoms with Crippen LogP contribution in [0.15, 0.2) is 82.4 Å². The van der Waals surface area contributed by atoms with Crippen molar-refractivity contribution in [3.8, 4) is 17.2 Å². The van der Waals surface area contributed by atoms with Crippen LogP contribution in [0, 0.1) is 12.3 Å². The Labute approximate surface area is 211 Å². The molecule has 0 radical (unpaired) electrons. The fraction of sp³-hybridized carbons (Fsp3) is 0.111. The van der Waals surface area contributed by atoms with Crippen molar-refractivity contribution in [2.45, 2.75) is 13.5 Å². The van der Waals surface area contributed by atoms with Crippen LogP contribution in [0.25, 0.3) is 6.08 Å². The van der Waals surface area contributed by atoms with Crippen LogP contribution in [0.5, 0.6) is 17.2 Å². The van der Waals surface area contributed by atoms with Crippen LogP contribution in [0.4, 0.5) is 0 Å². The summed E-state index contributed by atoms with van der Waals surface area (Å²) in [6.45, 7) is 2.71. The predicted molar refractivity (Wildman–Crippen MR) is 139 cm³/mol. The maximum absolute atomic E-state index is 12.8. The Balaban J connectivity index is 1.18. The third kappa shape index (κ3) is 4.25. The van der Waals surface area contributed by atoms with E-state index in [4.69, 9.17) is 19.6 Å². The average molecular weight is 497 g/mol. The van der Waals surface area contributed by atoms with Crippen molar-refractivity contribution in [1.82, 2.24) is 5.01 Å². The minimum absolute atomic E-state index is 0.0204. The fourth-order valence-corrected chi connectivity index (χ4v) is 4.82. The second-order valence-electron chi connectivity index (χ2n) is 8.34. The summed E-state index contributed by atoms with van der Waals surface area (Å²) in [6.07, 6.45) is 1.65. The second kappa shape index (κ2) is 9.01. The number of benzene rings is 3. The van der Waals surface area contributed by atoms with Crippen molar-refractivity contribution >= 4 is 39.8 Å². The average Bonchev–Trinajstić information content (AvgIpc) is 3.53. The molecule has 0 saturated carbocycles. The lowest BCUT2D eigenvalue weighted by Crippen LogP contribution is -2.35. The summed E-state index contributed by atoms with van der Waals surface area (Å²) in [5.74, 6) is 1.55. The number of nitrogens with zero attached hydrogens (tertiary/aromatic N) is 3. The highest BCUT2D eigenvalue weighted by Crippen LogP contribution is 2.36. The van der Waals surface area contributed by atoms with E-state index in [2.05, 4.69) is 16.2 Å². The monoisotopic (exact) mass is 496 g/mol. The van der Waals surface area contributed by atoms with Gasteiger partial charge in [0, 0.05) is 5.56 Å². The zero-order valence-electron chi connectivity index (χ0n) is 19.2. The number of aliphatic imine (C=N–C) groups is 1. The minimum Gasteiger partial charge on any atom is -0.489 e. The molecule has 0 atom stereocenters. The summed E-state index contributed by atoms with van der Waals surface area (Å²) >= 11 is 1.24. The van der Waals surface area contributed by atoms with Gasteiger partial charge >= 0.3 is 0 Å². The van der Waals surface area contributed by atoms with Crippen molar-refractivity contribution in [3.63, 3.8) is 0 Å². The van der Waals surface area contributed by atoms with Gasteiger partial charge in [0.05, 0.1) is 5.57 Å². The van der Waals surface area contributed by atoms with Gasteiger partial charge in [-0.05, 0) is 66.2 Å². The van der Waals surface area contributed by atoms with Gasteiger partial charge in [0.2, 0.25) is 12.0 Å². The maximum Gasteiger partial charge on any atom is 0.283 e. The summed E-state index contributed by atoms with van der Waals surface area (Å²) in [4.78, 5) is 16.9. The molecular formula is C27H20N4O4S. The highest BCUT2D eigenvalue weighted by molar-refractivity contribution is 8.27. The molecular weight excluding hydrogens is 476 g/mol. The number of carbonyl (C=O) groups is 1. The number of rotatable bonds is 5. The van der Waals surface area contributed by atoms with Crippen LogP contribution in [0.2, 0.25) is 0 Å². The maximum atomic E-state index is 12.8. The van der Waals surface area contributed by atoms with E-state index in [-0.39, 0.29) is 18.2 Å². The molecule has 0 unspecified atom stereocenters. The Bertz CT molecular complexity index is 1490. The molecule has 3 aromatic rings. The van der Waals surface area contributed by atoms with Crippen LogP contribution >= 0.6 is 11.8 Å². The largest absolute Gasteiger partial charge is 0.489 e. The molecule has 0 saturated heterocycles. The molecule has 0 fully saturated rings. The molecule has 36 heavy (non-hydrogen) atoms. The Morgan fingerprint density at radius 2 is 1.92 bits per heavy atom. The number of hydrazone groups is 1. The van der Waals surface area contributed by atoms with E-state index < -0.39 is 5.91 Å². The molecule has 178 valence electrons. The first kappa shape index (κ1) is 22.1. The van der Waals surface area contributed by atoms with Crippen LogP contribution < -0.4 is 14.2 Å². The first-order chi connectivity index (χ1) is 17.5. The third-order valence-corrected chi connectivity index (χ3v) is 6.71. The second-order valence-corrected chi connectivity index (χ2v) is 9.30. The van der Waals surface area contributed by atoms with Gasteiger partial charge in [-0.3, -0.25) is 10.2 Å². The van der Waals surface area contributed by atoms with Crippen molar-refractivity contribution < 1.29 is 19.0 Å². The molecule has 8 nitrogen and oxygen atoms in total. The summed E-state index contributed by atoms with van der Waals surface area (Å²) in [5, 5.41) is 15.5. The highest BCUT2D eigenvalue weighted by Gasteiger charge is 2.36. The van der Waals surface area contributed by atoms with E-state index in [1.54, 1.807) is 6.08 Å². The Morgan fingerprint density at radius 1 is 1.08 bits per heavy atom. The van der Waals surface area contributed by atoms with E-state index in [1.165, 1.54) is 22.3 Å². The first-order valence-corrected chi connectivity index (χ1v) is 12.0. The summed E-state index contributed by atoms with van der Waals surface area (Å²) in [6, 6.07) is 21.1. The normalized spacial score (nSPS) is 17.2. The lowest BCUT2D eigenvalue weighted by molar-refractivity contribution is -0.114. The number of thioether (sulfide) groups is 1. The van der Waals surface area contributed by atoms with Crippen molar-refractivity contribution in [1.29, 1.82) is 5.41 Å². The molecule has 0 aromatic heterocycles. The van der Waals surface area contributed by atoms with E-state index >= 15 is 0 Å². The molecule has 1 amide bonds. The van der Waals surface area contributed by atoms with E-state index in [0.29, 0.717) is 28.3 Å². The van der Waals surface area contributed by atoms with Crippen molar-refractivity contribution in [2.24, 2.45) is 10.1 Å². The van der Waals surface area contributed by atoms with Gasteiger partial charge in [0.15, 0.2) is 17.3 Å². The number of carbonyl (C=O) groups excluding carboxylic acids is 1. The number of hydrogen-bond donors (Lipinski definition) is 1. The molecule has 3 heterocycles. The summed E-state index contributed by atoms with van der Waals surface area (Å²) in [7, 11) is 0. The summed E-state index contributed by atoms with van der Waals surface area (Å²) < 4.78 is 16.7. The fourth-order valence-electron chi connectivity index (χ4n) is 3.93. The number of aryl methyl sites for hydroxylation is 1. The number of ether oxygens (including phenoxy) is 3. The quantitative estimate of drug-likeness (QED) is 0.501. The van der Waals surface area contributed by atoms with Crippen LogP contribution in [0.3, 0.4) is 0 Å². The lowest BCUT2D eigenvalue weighted by Gasteiger charge is -2.20. The molecule has 9 heteroatoms. The molecule has 6 rings (SSSR count). The highest BCUT2D eigenvalue weighted by atomic mass is 32.2. The molecule has 1 N–H and O–H groups in total. The Hall–Kier alpha value is -4.37. The number of amides is 1. The van der Waals surface area contributed by atoms with E-state index in [9.17, 15) is 4.79 Å². The standard InChI is InChI=1S/C27H20N4O4S/c1-16-3-2-4-18(11-16)14-33-20-8-5-17(6-9-20)12-21-24(28)31-27(29-25(21)32)36-26(30-31)19-7-10-22-23(13-19)35-15-34-22/h2-13,28H,14-15H2,1H3/b21-12-,28-24?. The summed E-state index contributed by atoms with van der Waals surface area (Å²) in [5.41, 5.74) is 4.01. The van der Waals surface area contributed by atoms with Crippen LogP contribution in [-0.2, 0) is 11.4 Å². The number of amidine groups is 2. The third-order valence-electron chi connectivity index (χ3n) is 5.75. The lowest BCUT2D eigenvalue weighted by atomic mass is 10.1. The first-order valence-electron chi connectivity index (χ1n) is 11.2. The molecule has 0 aliphatic carbocycles. The molecule has 3 aliphatic rings. The minimum atomic E-state index is -0.472. The van der Waals surface area contributed by atoms with Gasteiger partial charge in [-0.25, -0.2) is 0 Å². The zero-order valence-corrected chi connectivity index (χ0v) is 20.0. The number of nitrogens with one attached hydrogen (secondary N) is 1. The van der Waals surface area contributed by atoms with Gasteiger partial charge in [-0.2, -0.15) is 15.1 Å². The zero-order chi connectivity index (χ0) is 24.6. The van der Waals surface area contributed by atoms with Crippen molar-refractivity contribution in [2.75, 3.05) is 6.79 Å². The van der Waals surface area contributed by atoms with Crippen molar-refractivity contribution in [3.05, 3.63) is 94.6 Å². The number of hydrogen-bond acceptors (Lipinski definition) is 7. The van der Waals surface area contributed by atoms with E-state index in [1.807, 2.05) is 67.6 Å². The van der Waals surface area contributed by atoms with Gasteiger partial charge < -0.3 is 14.2 Å². The van der Waals surface area contributed by atoms with E-state index in [0.717, 1.165) is 22.4 Å². The smallest absolute Gasteiger partial charge is 0.283 e. The van der Waals surface area contributed by atoms with Gasteiger partial charge in [-0.15, -0.1) is 0 Å². The Morgan fingerprint density at radius 3 is 2.75 bits per heavy atom. The Kier molecular flexibility index (Phi) is 5.54. The predicted octanol–water partition coefficient (Wildman–Crippen LogP) is 4.97. The molecule has 0 bridgehead atoms. The van der Waals surface area contributed by atoms with Gasteiger partial charge in [-0.1, -0.05) is 42.0 Å². The molecule has 3 aromatic carbocycles. The number of fused-ring (bicyclic) bond motifs is 2. The molecule has 3 aliphatic heterocycles. The van der Waals surface area contributed by atoms with Gasteiger partial charge in [0.1, 0.15) is 17.4 Å². The SMILES string of the molecule is Cc1cccc(COc2ccc(/C=C3/C(=N)N4N=C(c5ccc6c(c5)OCO6)SC4=NC3=O)cc2)c1. The van der Waals surface area contributed by atoms with Crippen LogP contribution in [0.1, 0.15) is 22.3 Å². The van der Waals surface area contributed by atoms with Crippen LogP contribution in [-0.4, -0.2) is 33.8 Å². The topological polar surface area (TPSA) is 96.6 Å². The van der Waals surface area contributed by atoms with Gasteiger partial charge in [0.25, 0.3) is 5.91 Å².